The Hall–Kier alpha value is -3.32. The second-order valence-corrected chi connectivity index (χ2v) is 6.27. The molecule has 126 valence electrons. The third-order valence-corrected chi connectivity index (χ3v) is 4.53. The molecule has 0 spiro atoms. The van der Waals surface area contributed by atoms with Crippen molar-refractivity contribution in [3.05, 3.63) is 119 Å². The van der Waals surface area contributed by atoms with Gasteiger partial charge >= 0.3 is 0 Å². The predicted octanol–water partition coefficient (Wildman–Crippen LogP) is 6.26. The van der Waals surface area contributed by atoms with E-state index >= 15 is 0 Å². The van der Waals surface area contributed by atoms with Gasteiger partial charge in [-0.2, -0.15) is 0 Å². The monoisotopic (exact) mass is 336 g/mol. The summed E-state index contributed by atoms with van der Waals surface area (Å²) in [5, 5.41) is 0. The Morgan fingerprint density at radius 1 is 0.692 bits per heavy atom. The fraction of sp³-hybridized carbons (Fsp3) is 0.0400. The molecule has 3 aromatic rings. The maximum atomic E-state index is 5.36. The van der Waals surface area contributed by atoms with Gasteiger partial charge in [-0.05, 0) is 63.8 Å². The smallest absolute Gasteiger partial charge is 0.119 e. The first-order valence-corrected chi connectivity index (χ1v) is 8.74. The molecule has 0 aromatic heterocycles. The van der Waals surface area contributed by atoms with Crippen molar-refractivity contribution in [3.63, 3.8) is 0 Å². The van der Waals surface area contributed by atoms with E-state index in [-0.39, 0.29) is 0 Å². The zero-order valence-corrected chi connectivity index (χ0v) is 14.7. The van der Waals surface area contributed by atoms with Gasteiger partial charge in [0.15, 0.2) is 0 Å². The highest BCUT2D eigenvalue weighted by atomic mass is 16.5. The van der Waals surface area contributed by atoms with E-state index in [0.717, 1.165) is 11.3 Å². The Morgan fingerprint density at radius 3 is 2.08 bits per heavy atom. The molecule has 0 saturated heterocycles. The molecule has 0 unspecified atom stereocenters. The van der Waals surface area contributed by atoms with Gasteiger partial charge in [-0.15, -0.1) is 0 Å². The van der Waals surface area contributed by atoms with E-state index in [2.05, 4.69) is 85.0 Å². The van der Waals surface area contributed by atoms with Crippen molar-refractivity contribution in [3.8, 4) is 5.75 Å². The van der Waals surface area contributed by atoms with Crippen LogP contribution in [0.1, 0.15) is 16.7 Å². The third kappa shape index (κ3) is 3.38. The summed E-state index contributed by atoms with van der Waals surface area (Å²) in [7, 11) is 1.70. The average Bonchev–Trinajstić information content (AvgIpc) is 3.13. The summed E-state index contributed by atoms with van der Waals surface area (Å²) in [5.41, 5.74) is 7.28. The van der Waals surface area contributed by atoms with Crippen LogP contribution in [0.2, 0.25) is 0 Å². The van der Waals surface area contributed by atoms with Gasteiger partial charge < -0.3 is 4.74 Å². The molecular weight excluding hydrogens is 316 g/mol. The summed E-state index contributed by atoms with van der Waals surface area (Å²) < 4.78 is 5.36. The average molecular weight is 336 g/mol. The van der Waals surface area contributed by atoms with E-state index in [9.17, 15) is 0 Å². The van der Waals surface area contributed by atoms with Gasteiger partial charge in [0.25, 0.3) is 0 Å². The molecule has 0 aliphatic heterocycles. The molecular formula is C25H20O. The van der Waals surface area contributed by atoms with Crippen molar-refractivity contribution >= 4 is 17.2 Å². The number of hydrogen-bond acceptors (Lipinski definition) is 1. The van der Waals surface area contributed by atoms with Crippen LogP contribution in [-0.4, -0.2) is 7.11 Å². The van der Waals surface area contributed by atoms with Crippen molar-refractivity contribution in [2.75, 3.05) is 7.11 Å². The number of allylic oxidation sites excluding steroid dienone is 5. The fourth-order valence-corrected chi connectivity index (χ4v) is 3.22. The largest absolute Gasteiger partial charge is 0.497 e. The summed E-state index contributed by atoms with van der Waals surface area (Å²) in [6.07, 6.45) is 6.76. The van der Waals surface area contributed by atoms with E-state index < -0.39 is 0 Å². The van der Waals surface area contributed by atoms with Crippen molar-refractivity contribution in [1.29, 1.82) is 0 Å². The Balaban J connectivity index is 1.80. The molecule has 4 rings (SSSR count). The lowest BCUT2D eigenvalue weighted by molar-refractivity contribution is 0.414. The molecule has 0 amide bonds. The molecule has 0 atom stereocenters. The quantitative estimate of drug-likeness (QED) is 0.546. The Kier molecular flexibility index (Phi) is 4.53. The standard InChI is InChI=1S/C25H20O/c1-26-24-14-8-9-19(16-24)15-23-17-22(20-10-4-2-5-11-20)18-25(23)21-12-6-3-7-13-21/h2-18H,1H3/b23-15+. The predicted molar refractivity (Wildman–Crippen MR) is 110 cm³/mol. The van der Waals surface area contributed by atoms with Gasteiger partial charge in [-0.3, -0.25) is 0 Å². The molecule has 3 aromatic carbocycles. The van der Waals surface area contributed by atoms with Crippen molar-refractivity contribution in [2.45, 2.75) is 0 Å². The van der Waals surface area contributed by atoms with Gasteiger partial charge in [0.05, 0.1) is 7.11 Å². The van der Waals surface area contributed by atoms with Crippen LogP contribution in [-0.2, 0) is 0 Å². The zero-order valence-electron chi connectivity index (χ0n) is 14.7. The van der Waals surface area contributed by atoms with E-state index in [1.165, 1.54) is 27.8 Å². The minimum absolute atomic E-state index is 0.870. The second-order valence-electron chi connectivity index (χ2n) is 6.27. The van der Waals surface area contributed by atoms with E-state index in [1.807, 2.05) is 18.2 Å². The lowest BCUT2D eigenvalue weighted by Gasteiger charge is -2.06. The van der Waals surface area contributed by atoms with E-state index in [4.69, 9.17) is 4.74 Å². The minimum atomic E-state index is 0.870. The first-order chi connectivity index (χ1) is 12.8. The highest BCUT2D eigenvalue weighted by Crippen LogP contribution is 2.37. The summed E-state index contributed by atoms with van der Waals surface area (Å²) in [5.74, 6) is 0.870. The van der Waals surface area contributed by atoms with Crippen LogP contribution in [0.25, 0.3) is 17.2 Å². The fourth-order valence-electron chi connectivity index (χ4n) is 3.22. The van der Waals surface area contributed by atoms with Crippen molar-refractivity contribution in [1.82, 2.24) is 0 Å². The SMILES string of the molecule is COc1cccc(/C=C2\C=C(c3ccccc3)C=C2c2ccccc2)c1. The van der Waals surface area contributed by atoms with Crippen molar-refractivity contribution in [2.24, 2.45) is 0 Å². The molecule has 0 radical (unpaired) electrons. The molecule has 0 saturated carbocycles. The molecule has 0 bridgehead atoms. The first-order valence-electron chi connectivity index (χ1n) is 8.74. The Morgan fingerprint density at radius 2 is 1.38 bits per heavy atom. The van der Waals surface area contributed by atoms with Crippen LogP contribution < -0.4 is 4.74 Å². The second kappa shape index (κ2) is 7.28. The molecule has 1 aliphatic rings. The number of benzene rings is 3. The maximum Gasteiger partial charge on any atom is 0.119 e. The number of rotatable bonds is 4. The van der Waals surface area contributed by atoms with Crippen LogP contribution >= 0.6 is 0 Å². The number of ether oxygens (including phenoxy) is 1. The molecule has 0 fully saturated rings. The van der Waals surface area contributed by atoms with Crippen LogP contribution in [0.5, 0.6) is 5.75 Å². The van der Waals surface area contributed by atoms with Crippen LogP contribution in [0.4, 0.5) is 0 Å². The topological polar surface area (TPSA) is 9.23 Å². The minimum Gasteiger partial charge on any atom is -0.497 e. The van der Waals surface area contributed by atoms with Gasteiger partial charge in [-0.25, -0.2) is 0 Å². The van der Waals surface area contributed by atoms with Gasteiger partial charge in [0, 0.05) is 0 Å². The maximum absolute atomic E-state index is 5.36. The van der Waals surface area contributed by atoms with Crippen LogP contribution in [0.15, 0.2) is 103 Å². The van der Waals surface area contributed by atoms with Crippen LogP contribution in [0, 0.1) is 0 Å². The van der Waals surface area contributed by atoms with Gasteiger partial charge in [0.2, 0.25) is 0 Å². The Bertz CT molecular complexity index is 993. The summed E-state index contributed by atoms with van der Waals surface area (Å²) in [6, 6.07) is 29.2. The molecule has 1 nitrogen and oxygen atoms in total. The lowest BCUT2D eigenvalue weighted by atomic mass is 9.99. The van der Waals surface area contributed by atoms with Crippen molar-refractivity contribution < 1.29 is 4.74 Å². The highest BCUT2D eigenvalue weighted by Gasteiger charge is 2.15. The van der Waals surface area contributed by atoms with E-state index in [1.54, 1.807) is 7.11 Å². The number of methoxy groups -OCH3 is 1. The lowest BCUT2D eigenvalue weighted by Crippen LogP contribution is -1.86. The third-order valence-electron chi connectivity index (χ3n) is 4.53. The highest BCUT2D eigenvalue weighted by molar-refractivity contribution is 6.02. The zero-order chi connectivity index (χ0) is 17.8. The molecule has 1 heteroatoms. The van der Waals surface area contributed by atoms with Gasteiger partial charge in [-0.1, -0.05) is 72.8 Å². The van der Waals surface area contributed by atoms with E-state index in [0.29, 0.717) is 0 Å². The Labute approximate surface area is 154 Å². The van der Waals surface area contributed by atoms with Gasteiger partial charge in [0.1, 0.15) is 5.75 Å². The number of hydrogen-bond donors (Lipinski definition) is 0. The molecule has 0 N–H and O–H groups in total. The molecule has 26 heavy (non-hydrogen) atoms. The molecule has 1 aliphatic carbocycles. The summed E-state index contributed by atoms with van der Waals surface area (Å²) >= 11 is 0. The first kappa shape index (κ1) is 16.2. The summed E-state index contributed by atoms with van der Waals surface area (Å²) in [4.78, 5) is 0. The molecule has 0 heterocycles. The normalized spacial score (nSPS) is 14.9. The van der Waals surface area contributed by atoms with Crippen LogP contribution in [0.3, 0.4) is 0 Å². The summed E-state index contributed by atoms with van der Waals surface area (Å²) in [6.45, 7) is 0.